The molecule has 1 heterocycles. The molecule has 0 aliphatic carbocycles. The molecule has 15 heavy (non-hydrogen) atoms. The van der Waals surface area contributed by atoms with Crippen LogP contribution in [0.1, 0.15) is 18.0 Å². The molecule has 0 spiro atoms. The van der Waals surface area contributed by atoms with Gasteiger partial charge in [-0.25, -0.2) is 0 Å². The van der Waals surface area contributed by atoms with Crippen LogP contribution in [0.25, 0.3) is 0 Å². The lowest BCUT2D eigenvalue weighted by atomic mass is 10.0. The molecule has 0 saturated carbocycles. The second kappa shape index (κ2) is 4.86. The summed E-state index contributed by atoms with van der Waals surface area (Å²) in [6.45, 7) is 0.811. The first kappa shape index (κ1) is 11.4. The van der Waals surface area contributed by atoms with Crippen molar-refractivity contribution < 1.29 is 0 Å². The van der Waals surface area contributed by atoms with Crippen molar-refractivity contribution in [3.63, 3.8) is 0 Å². The Kier molecular flexibility index (Phi) is 3.70. The Labute approximate surface area is 116 Å². The molecule has 0 saturated heterocycles. The van der Waals surface area contributed by atoms with Gasteiger partial charge >= 0.3 is 0 Å². The van der Waals surface area contributed by atoms with Crippen molar-refractivity contribution in [2.24, 2.45) is 10.7 Å². The lowest BCUT2D eigenvalue weighted by molar-refractivity contribution is 0.566. The summed E-state index contributed by atoms with van der Waals surface area (Å²) < 4.78 is 2.55. The predicted octanol–water partition coefficient (Wildman–Crippen LogP) is 2.24. The van der Waals surface area contributed by atoms with Crippen LogP contribution in [0.2, 0.25) is 0 Å². The molecule has 1 aromatic carbocycles. The molecule has 0 aromatic heterocycles. The maximum atomic E-state index is 5.68. The van der Waals surface area contributed by atoms with Crippen molar-refractivity contribution in [1.82, 2.24) is 5.32 Å². The van der Waals surface area contributed by atoms with Crippen molar-refractivity contribution in [2.75, 3.05) is 6.54 Å². The second-order valence-electron chi connectivity index (χ2n) is 3.42. The molecule has 3 N–H and O–H groups in total. The summed E-state index contributed by atoms with van der Waals surface area (Å²) in [7, 11) is 0. The van der Waals surface area contributed by atoms with Gasteiger partial charge in [0, 0.05) is 13.7 Å². The first-order valence-electron chi connectivity index (χ1n) is 4.68. The van der Waals surface area contributed by atoms with Crippen LogP contribution in [0.5, 0.6) is 0 Å². The summed E-state index contributed by atoms with van der Waals surface area (Å²) in [4.78, 5) is 4.13. The number of benzene rings is 1. The highest BCUT2D eigenvalue weighted by Crippen LogP contribution is 2.25. The number of nitrogens with zero attached hydrogens (tertiary/aromatic N) is 1. The molecule has 1 unspecified atom stereocenters. The van der Waals surface area contributed by atoms with Crippen LogP contribution in [-0.2, 0) is 0 Å². The van der Waals surface area contributed by atoms with Gasteiger partial charge in [0.15, 0.2) is 5.96 Å². The van der Waals surface area contributed by atoms with Gasteiger partial charge in [0.2, 0.25) is 0 Å². The first-order valence-corrected chi connectivity index (χ1v) is 6.84. The molecule has 1 aliphatic heterocycles. The molecule has 1 atom stereocenters. The highest BCUT2D eigenvalue weighted by molar-refractivity contribution is 14.1. The first-order chi connectivity index (χ1) is 7.16. The molecule has 0 fully saturated rings. The number of hydrogen-bond donors (Lipinski definition) is 2. The van der Waals surface area contributed by atoms with Crippen LogP contribution in [0.15, 0.2) is 23.2 Å². The smallest absolute Gasteiger partial charge is 0.189 e. The van der Waals surface area contributed by atoms with Gasteiger partial charge in [-0.05, 0) is 69.3 Å². The Balaban J connectivity index is 2.26. The van der Waals surface area contributed by atoms with E-state index in [1.165, 1.54) is 12.7 Å². The number of guanidine groups is 1. The van der Waals surface area contributed by atoms with E-state index in [9.17, 15) is 0 Å². The second-order valence-corrected chi connectivity index (χ2v) is 5.83. The standard InChI is InChI=1S/C10H11I2N3/c11-6-1-2-7(8(12)5-6)9-3-4-14-10(13)15-9/h1-2,5,9H,3-4H2,(H3,13,14,15). The average Bonchev–Trinajstić information content (AvgIpc) is 2.17. The quantitative estimate of drug-likeness (QED) is 0.676. The van der Waals surface area contributed by atoms with E-state index in [1.807, 2.05) is 0 Å². The topological polar surface area (TPSA) is 50.4 Å². The zero-order valence-electron chi connectivity index (χ0n) is 8.00. The fourth-order valence-corrected chi connectivity index (χ4v) is 3.61. The van der Waals surface area contributed by atoms with Crippen molar-refractivity contribution in [3.8, 4) is 0 Å². The minimum Gasteiger partial charge on any atom is -0.370 e. The molecule has 0 bridgehead atoms. The van der Waals surface area contributed by atoms with Crippen molar-refractivity contribution in [2.45, 2.75) is 12.5 Å². The summed E-state index contributed by atoms with van der Waals surface area (Å²) in [5.41, 5.74) is 6.99. The van der Waals surface area contributed by atoms with Crippen LogP contribution >= 0.6 is 45.2 Å². The lowest BCUT2D eigenvalue weighted by Crippen LogP contribution is -2.38. The van der Waals surface area contributed by atoms with Gasteiger partial charge in [0.25, 0.3) is 0 Å². The Morgan fingerprint density at radius 3 is 2.87 bits per heavy atom. The lowest BCUT2D eigenvalue weighted by Gasteiger charge is -2.24. The molecular weight excluding hydrogens is 416 g/mol. The van der Waals surface area contributed by atoms with Crippen LogP contribution < -0.4 is 11.1 Å². The molecule has 5 heteroatoms. The molecule has 80 valence electrons. The molecule has 0 amide bonds. The van der Waals surface area contributed by atoms with Gasteiger partial charge < -0.3 is 11.1 Å². The number of nitrogens with one attached hydrogen (secondary N) is 1. The zero-order chi connectivity index (χ0) is 10.8. The van der Waals surface area contributed by atoms with Gasteiger partial charge in [-0.1, -0.05) is 6.07 Å². The Bertz CT molecular complexity index is 404. The van der Waals surface area contributed by atoms with Crippen molar-refractivity contribution >= 4 is 51.1 Å². The van der Waals surface area contributed by atoms with E-state index in [4.69, 9.17) is 5.73 Å². The summed E-state index contributed by atoms with van der Waals surface area (Å²) in [6, 6.07) is 6.79. The van der Waals surface area contributed by atoms with E-state index >= 15 is 0 Å². The van der Waals surface area contributed by atoms with Gasteiger partial charge in [-0.3, -0.25) is 4.99 Å². The van der Waals surface area contributed by atoms with E-state index in [1.54, 1.807) is 0 Å². The molecule has 0 radical (unpaired) electrons. The Morgan fingerprint density at radius 2 is 2.20 bits per heavy atom. The van der Waals surface area contributed by atoms with Crippen molar-refractivity contribution in [1.29, 1.82) is 0 Å². The maximum absolute atomic E-state index is 5.68. The number of halogens is 2. The summed E-state index contributed by atoms with van der Waals surface area (Å²) in [5.74, 6) is 0.556. The van der Waals surface area contributed by atoms with Crippen LogP contribution in [-0.4, -0.2) is 12.5 Å². The highest BCUT2D eigenvalue weighted by Gasteiger charge is 2.17. The SMILES string of the molecule is NC1=NCCC(c2ccc(I)cc2I)N1. The predicted molar refractivity (Wildman–Crippen MR) is 78.9 cm³/mol. The molecule has 2 rings (SSSR count). The van der Waals surface area contributed by atoms with Gasteiger partial charge in [-0.2, -0.15) is 0 Å². The summed E-state index contributed by atoms with van der Waals surface area (Å²) in [6.07, 6.45) is 1.01. The maximum Gasteiger partial charge on any atom is 0.189 e. The monoisotopic (exact) mass is 427 g/mol. The molecule has 1 aromatic rings. The fraction of sp³-hybridized carbons (Fsp3) is 0.300. The van der Waals surface area contributed by atoms with E-state index in [0.717, 1.165) is 13.0 Å². The minimum atomic E-state index is 0.311. The van der Waals surface area contributed by atoms with Crippen LogP contribution in [0, 0.1) is 7.14 Å². The van der Waals surface area contributed by atoms with Gasteiger partial charge in [0.1, 0.15) is 0 Å². The number of nitrogens with two attached hydrogens (primary N) is 1. The Hall–Kier alpha value is -0.0500. The van der Waals surface area contributed by atoms with Crippen molar-refractivity contribution in [3.05, 3.63) is 30.9 Å². The number of hydrogen-bond acceptors (Lipinski definition) is 3. The number of rotatable bonds is 1. The fourth-order valence-electron chi connectivity index (χ4n) is 1.63. The average molecular weight is 427 g/mol. The molecule has 1 aliphatic rings. The highest BCUT2D eigenvalue weighted by atomic mass is 127. The Morgan fingerprint density at radius 1 is 1.40 bits per heavy atom. The molecular formula is C10H11I2N3. The van der Waals surface area contributed by atoms with Crippen LogP contribution in [0.4, 0.5) is 0 Å². The van der Waals surface area contributed by atoms with Gasteiger partial charge in [-0.15, -0.1) is 0 Å². The van der Waals surface area contributed by atoms with Crippen LogP contribution in [0.3, 0.4) is 0 Å². The van der Waals surface area contributed by atoms with E-state index < -0.39 is 0 Å². The third kappa shape index (κ3) is 2.74. The normalized spacial score (nSPS) is 20.7. The zero-order valence-corrected chi connectivity index (χ0v) is 12.3. The summed E-state index contributed by atoms with van der Waals surface area (Å²) in [5, 5.41) is 3.21. The van der Waals surface area contributed by atoms with E-state index in [0.29, 0.717) is 12.0 Å². The third-order valence-corrected chi connectivity index (χ3v) is 3.97. The summed E-state index contributed by atoms with van der Waals surface area (Å²) >= 11 is 4.69. The largest absolute Gasteiger partial charge is 0.370 e. The van der Waals surface area contributed by atoms with Gasteiger partial charge in [0.05, 0.1) is 6.04 Å². The number of aliphatic imine (C=N–C) groups is 1. The third-order valence-electron chi connectivity index (χ3n) is 2.36. The minimum absolute atomic E-state index is 0.311. The van der Waals surface area contributed by atoms with E-state index in [-0.39, 0.29) is 0 Å². The molecule has 3 nitrogen and oxygen atoms in total. The van der Waals surface area contributed by atoms with E-state index in [2.05, 4.69) is 73.7 Å².